The molecule has 0 spiro atoms. The fraction of sp³-hybridized carbons (Fsp3) is 0.0870. The number of rotatable bonds is 5. The summed E-state index contributed by atoms with van der Waals surface area (Å²) in [6.45, 7) is 3.83. The lowest BCUT2D eigenvalue weighted by Crippen LogP contribution is -2.14. The number of anilines is 1. The van der Waals surface area contributed by atoms with E-state index in [1.165, 1.54) is 18.2 Å². The Labute approximate surface area is 188 Å². The number of carbonyl (C=O) groups is 1. The molecular weight excluding hydrogens is 430 g/mol. The number of nitro groups is 1. The first-order chi connectivity index (χ1) is 15.3. The van der Waals surface area contributed by atoms with Crippen LogP contribution in [0.3, 0.4) is 0 Å². The number of benzene rings is 3. The van der Waals surface area contributed by atoms with Crippen molar-refractivity contribution in [2.45, 2.75) is 13.8 Å². The molecule has 8 nitrogen and oxygen atoms in total. The minimum atomic E-state index is -0.585. The summed E-state index contributed by atoms with van der Waals surface area (Å²) in [4.78, 5) is 27.9. The molecule has 3 aromatic carbocycles. The zero-order valence-electron chi connectivity index (χ0n) is 17.2. The van der Waals surface area contributed by atoms with Gasteiger partial charge in [-0.15, -0.1) is 5.10 Å². The fourth-order valence-electron chi connectivity index (χ4n) is 3.26. The third-order valence-corrected chi connectivity index (χ3v) is 5.28. The maximum Gasteiger partial charge on any atom is 0.295 e. The maximum atomic E-state index is 12.9. The Morgan fingerprint density at radius 1 is 1.06 bits per heavy atom. The molecule has 1 N–H and O–H groups in total. The summed E-state index contributed by atoms with van der Waals surface area (Å²) < 4.78 is 1.58. The first kappa shape index (κ1) is 21.2. The lowest BCUT2D eigenvalue weighted by Gasteiger charge is -2.10. The van der Waals surface area contributed by atoms with Gasteiger partial charge in [0.05, 0.1) is 10.6 Å². The molecule has 0 bridgehead atoms. The number of carbonyl (C=O) groups excluding carboxylic acids is 1. The van der Waals surface area contributed by atoms with Crippen molar-refractivity contribution in [2.24, 2.45) is 0 Å². The maximum absolute atomic E-state index is 12.9. The third kappa shape index (κ3) is 4.21. The van der Waals surface area contributed by atoms with Gasteiger partial charge in [0.15, 0.2) is 5.82 Å². The van der Waals surface area contributed by atoms with Crippen LogP contribution in [0.15, 0.2) is 66.7 Å². The molecule has 0 fully saturated rings. The summed E-state index contributed by atoms with van der Waals surface area (Å²) >= 11 is 6.31. The van der Waals surface area contributed by atoms with Gasteiger partial charge in [-0.1, -0.05) is 47.5 Å². The van der Waals surface area contributed by atoms with E-state index in [9.17, 15) is 14.9 Å². The highest BCUT2D eigenvalue weighted by Gasteiger charge is 2.21. The highest BCUT2D eigenvalue weighted by Crippen LogP contribution is 2.27. The highest BCUT2D eigenvalue weighted by molar-refractivity contribution is 6.31. The zero-order valence-corrected chi connectivity index (χ0v) is 18.0. The van der Waals surface area contributed by atoms with Crippen LogP contribution in [0.25, 0.3) is 17.1 Å². The predicted octanol–water partition coefficient (Wildman–Crippen LogP) is 5.37. The van der Waals surface area contributed by atoms with Crippen molar-refractivity contribution in [1.29, 1.82) is 0 Å². The minimum absolute atomic E-state index is 0.0765. The van der Waals surface area contributed by atoms with Crippen LogP contribution in [0.4, 0.5) is 11.4 Å². The number of halogens is 1. The quantitative estimate of drug-likeness (QED) is 0.327. The average Bonchev–Trinajstić information content (AvgIpc) is 3.21. The van der Waals surface area contributed by atoms with Gasteiger partial charge in [0.2, 0.25) is 5.82 Å². The Balaban J connectivity index is 1.78. The first-order valence-electron chi connectivity index (χ1n) is 9.69. The van der Waals surface area contributed by atoms with E-state index in [1.807, 2.05) is 44.2 Å². The molecule has 4 aromatic rings. The van der Waals surface area contributed by atoms with Gasteiger partial charge in [-0.25, -0.2) is 9.67 Å². The molecule has 1 heterocycles. The van der Waals surface area contributed by atoms with Crippen molar-refractivity contribution in [3.8, 4) is 17.1 Å². The lowest BCUT2D eigenvalue weighted by molar-refractivity contribution is -0.384. The number of non-ortho nitro benzene ring substituents is 1. The summed E-state index contributed by atoms with van der Waals surface area (Å²) in [5, 5.41) is 18.6. The molecule has 0 saturated heterocycles. The number of hydrogen-bond acceptors (Lipinski definition) is 5. The molecule has 0 saturated carbocycles. The molecule has 9 heteroatoms. The molecular formula is C23H18ClN5O3. The minimum Gasteiger partial charge on any atom is -0.319 e. The molecule has 160 valence electrons. The van der Waals surface area contributed by atoms with Crippen LogP contribution in [0, 0.1) is 24.0 Å². The second kappa shape index (κ2) is 8.60. The first-order valence-corrected chi connectivity index (χ1v) is 10.1. The average molecular weight is 448 g/mol. The van der Waals surface area contributed by atoms with Gasteiger partial charge >= 0.3 is 0 Å². The van der Waals surface area contributed by atoms with E-state index >= 15 is 0 Å². The molecule has 4 rings (SSSR count). The molecule has 0 radical (unpaired) electrons. The van der Waals surface area contributed by atoms with Crippen molar-refractivity contribution in [1.82, 2.24) is 14.8 Å². The Kier molecular flexibility index (Phi) is 5.70. The summed E-state index contributed by atoms with van der Waals surface area (Å²) in [7, 11) is 0. The summed E-state index contributed by atoms with van der Waals surface area (Å²) in [6, 6.07) is 18.8. The van der Waals surface area contributed by atoms with Crippen molar-refractivity contribution < 1.29 is 9.72 Å². The van der Waals surface area contributed by atoms with Crippen molar-refractivity contribution in [3.63, 3.8) is 0 Å². The second-order valence-electron chi connectivity index (χ2n) is 7.19. The van der Waals surface area contributed by atoms with Gasteiger partial charge in [-0.2, -0.15) is 0 Å². The number of nitro benzene ring substituents is 1. The van der Waals surface area contributed by atoms with Crippen LogP contribution in [0.1, 0.15) is 21.7 Å². The van der Waals surface area contributed by atoms with E-state index in [-0.39, 0.29) is 17.2 Å². The topological polar surface area (TPSA) is 103 Å². The fourth-order valence-corrected chi connectivity index (χ4v) is 3.43. The van der Waals surface area contributed by atoms with Gasteiger partial charge in [0, 0.05) is 28.4 Å². The molecule has 0 atom stereocenters. The molecule has 0 aliphatic carbocycles. The van der Waals surface area contributed by atoms with Crippen LogP contribution in [0.2, 0.25) is 5.02 Å². The van der Waals surface area contributed by atoms with E-state index in [4.69, 9.17) is 11.6 Å². The van der Waals surface area contributed by atoms with E-state index in [2.05, 4.69) is 15.4 Å². The lowest BCUT2D eigenvalue weighted by atomic mass is 10.1. The summed E-state index contributed by atoms with van der Waals surface area (Å²) in [5.41, 5.74) is 3.44. The Morgan fingerprint density at radius 3 is 2.56 bits per heavy atom. The third-order valence-electron chi connectivity index (χ3n) is 4.87. The summed E-state index contributed by atoms with van der Waals surface area (Å²) in [6.07, 6.45) is 0. The molecule has 0 aliphatic heterocycles. The van der Waals surface area contributed by atoms with E-state index in [1.54, 1.807) is 22.9 Å². The van der Waals surface area contributed by atoms with E-state index in [0.717, 1.165) is 16.7 Å². The Hall–Kier alpha value is -4.04. The molecule has 1 aromatic heterocycles. The molecule has 1 amide bonds. The van der Waals surface area contributed by atoms with Gasteiger partial charge < -0.3 is 5.32 Å². The number of hydrogen-bond donors (Lipinski definition) is 1. The van der Waals surface area contributed by atoms with E-state index < -0.39 is 10.8 Å². The van der Waals surface area contributed by atoms with Crippen LogP contribution in [-0.4, -0.2) is 25.6 Å². The van der Waals surface area contributed by atoms with Crippen LogP contribution >= 0.6 is 11.6 Å². The molecule has 0 aliphatic rings. The number of nitrogens with one attached hydrogen (secondary N) is 1. The SMILES string of the molecule is Cc1cccc(-c2nc(C(=O)Nc3cccc([N+](=O)[O-])c3)nn2-c2cccc(Cl)c2C)c1. The Morgan fingerprint density at radius 2 is 1.81 bits per heavy atom. The van der Waals surface area contributed by atoms with Gasteiger partial charge in [0.25, 0.3) is 11.6 Å². The van der Waals surface area contributed by atoms with Crippen LogP contribution in [0.5, 0.6) is 0 Å². The van der Waals surface area contributed by atoms with Crippen molar-refractivity contribution >= 4 is 28.9 Å². The molecule has 0 unspecified atom stereocenters. The summed E-state index contributed by atoms with van der Waals surface area (Å²) in [5.74, 6) is -0.187. The van der Waals surface area contributed by atoms with Gasteiger partial charge in [-0.05, 0) is 43.7 Å². The van der Waals surface area contributed by atoms with Crippen LogP contribution < -0.4 is 5.32 Å². The molecule has 32 heavy (non-hydrogen) atoms. The van der Waals surface area contributed by atoms with Crippen LogP contribution in [-0.2, 0) is 0 Å². The van der Waals surface area contributed by atoms with Gasteiger partial charge in [0.1, 0.15) is 0 Å². The number of aromatic nitrogens is 3. The van der Waals surface area contributed by atoms with Crippen molar-refractivity contribution in [2.75, 3.05) is 5.32 Å². The van der Waals surface area contributed by atoms with E-state index in [0.29, 0.717) is 16.5 Å². The standard InChI is InChI=1S/C23H18ClN5O3/c1-14-6-3-7-16(12-14)22-26-21(27-28(22)20-11-5-10-19(24)15(20)2)23(30)25-17-8-4-9-18(13-17)29(31)32/h3-13H,1-2H3,(H,25,30). The zero-order chi connectivity index (χ0) is 22.8. The smallest absolute Gasteiger partial charge is 0.295 e. The number of amides is 1. The Bertz CT molecular complexity index is 1350. The van der Waals surface area contributed by atoms with Crippen molar-refractivity contribution in [3.05, 3.63) is 98.8 Å². The normalized spacial score (nSPS) is 10.7. The second-order valence-corrected chi connectivity index (χ2v) is 7.59. The predicted molar refractivity (Wildman–Crippen MR) is 122 cm³/mol. The largest absolute Gasteiger partial charge is 0.319 e. The highest BCUT2D eigenvalue weighted by atomic mass is 35.5. The van der Waals surface area contributed by atoms with Gasteiger partial charge in [-0.3, -0.25) is 14.9 Å². The number of aryl methyl sites for hydroxylation is 1. The monoisotopic (exact) mass is 447 g/mol. The number of nitrogens with zero attached hydrogens (tertiary/aromatic N) is 4.